The zero-order valence-electron chi connectivity index (χ0n) is 18.8. The summed E-state index contributed by atoms with van der Waals surface area (Å²) in [6, 6.07) is 26.3. The van der Waals surface area contributed by atoms with Crippen molar-refractivity contribution in [1.29, 1.82) is 0 Å². The number of amides is 1. The fourth-order valence-corrected chi connectivity index (χ4v) is 5.00. The Kier molecular flexibility index (Phi) is 6.40. The fourth-order valence-electron chi connectivity index (χ4n) is 4.17. The van der Waals surface area contributed by atoms with Crippen LogP contribution in [-0.4, -0.2) is 29.5 Å². The van der Waals surface area contributed by atoms with E-state index in [-0.39, 0.29) is 18.2 Å². The third kappa shape index (κ3) is 4.72. The van der Waals surface area contributed by atoms with Crippen LogP contribution < -0.4 is 10.1 Å². The normalized spacial score (nSPS) is 11.9. The van der Waals surface area contributed by atoms with Crippen molar-refractivity contribution in [2.45, 2.75) is 12.3 Å². The van der Waals surface area contributed by atoms with E-state index in [1.54, 1.807) is 18.4 Å². The molecule has 0 spiro atoms. The van der Waals surface area contributed by atoms with Crippen LogP contribution >= 0.6 is 11.3 Å². The molecule has 1 atom stereocenters. The fraction of sp³-hybridized carbons (Fsp3) is 0.143. The van der Waals surface area contributed by atoms with Gasteiger partial charge in [-0.05, 0) is 29.3 Å². The number of aromatic nitrogens is 2. The van der Waals surface area contributed by atoms with Gasteiger partial charge in [0.2, 0.25) is 5.91 Å². The van der Waals surface area contributed by atoms with Crippen molar-refractivity contribution in [2.24, 2.45) is 0 Å². The van der Waals surface area contributed by atoms with Gasteiger partial charge in [0.15, 0.2) is 0 Å². The number of hydrogen-bond donors (Lipinski definition) is 2. The van der Waals surface area contributed by atoms with Crippen LogP contribution in [0, 0.1) is 0 Å². The van der Waals surface area contributed by atoms with Crippen molar-refractivity contribution >= 4 is 28.1 Å². The van der Waals surface area contributed by atoms with Crippen LogP contribution in [0.3, 0.4) is 0 Å². The van der Waals surface area contributed by atoms with Gasteiger partial charge in [-0.1, -0.05) is 60.7 Å². The summed E-state index contributed by atoms with van der Waals surface area (Å²) in [4.78, 5) is 20.9. The summed E-state index contributed by atoms with van der Waals surface area (Å²) in [6.45, 7) is 0.489. The summed E-state index contributed by atoms with van der Waals surface area (Å²) in [7, 11) is 1.66. The molecule has 0 saturated carbocycles. The molecule has 2 N–H and O–H groups in total. The first-order chi connectivity index (χ1) is 16.7. The highest BCUT2D eigenvalue weighted by atomic mass is 32.1. The number of carbonyl (C=O) groups is 1. The Bertz CT molecular complexity index is 1390. The standard InChI is InChI=1S/C28H25N3O2S/c1-33-22-13-11-19(12-14-22)24(25-17-29-26-10-6-5-9-23(25)26)16-30-27(32)15-21-18-34-28(31-21)20-7-3-2-4-8-20/h2-14,17-18,24,29H,15-16H2,1H3,(H,30,32). The third-order valence-electron chi connectivity index (χ3n) is 5.93. The number of methoxy groups -OCH3 is 1. The number of nitrogens with zero attached hydrogens (tertiary/aromatic N) is 1. The Balaban J connectivity index is 1.33. The van der Waals surface area contributed by atoms with Gasteiger partial charge in [-0.2, -0.15) is 0 Å². The summed E-state index contributed by atoms with van der Waals surface area (Å²) in [5.74, 6) is 0.771. The molecule has 5 aromatic rings. The summed E-state index contributed by atoms with van der Waals surface area (Å²) in [5, 5.41) is 7.19. The van der Waals surface area contributed by atoms with Gasteiger partial charge in [-0.3, -0.25) is 4.79 Å². The van der Waals surface area contributed by atoms with Crippen molar-refractivity contribution in [3.05, 3.63) is 107 Å². The van der Waals surface area contributed by atoms with Crippen molar-refractivity contribution in [1.82, 2.24) is 15.3 Å². The van der Waals surface area contributed by atoms with Crippen LogP contribution in [0.2, 0.25) is 0 Å². The summed E-state index contributed by atoms with van der Waals surface area (Å²) in [5.41, 5.74) is 5.21. The van der Waals surface area contributed by atoms with Crippen molar-refractivity contribution in [3.63, 3.8) is 0 Å². The highest BCUT2D eigenvalue weighted by Crippen LogP contribution is 2.31. The molecule has 5 nitrogen and oxygen atoms in total. The zero-order chi connectivity index (χ0) is 23.3. The average Bonchev–Trinajstić information content (AvgIpc) is 3.53. The number of ether oxygens (including phenoxy) is 1. The number of aromatic amines is 1. The van der Waals surface area contributed by atoms with E-state index in [9.17, 15) is 4.79 Å². The molecule has 1 unspecified atom stereocenters. The molecule has 2 aromatic heterocycles. The lowest BCUT2D eigenvalue weighted by Crippen LogP contribution is -2.30. The maximum Gasteiger partial charge on any atom is 0.226 e. The van der Waals surface area contributed by atoms with Crippen LogP contribution in [0.5, 0.6) is 5.75 Å². The van der Waals surface area contributed by atoms with Gasteiger partial charge in [0, 0.05) is 40.5 Å². The maximum atomic E-state index is 12.9. The summed E-state index contributed by atoms with van der Waals surface area (Å²) >= 11 is 1.56. The van der Waals surface area contributed by atoms with Crippen LogP contribution in [0.4, 0.5) is 0 Å². The second-order valence-corrected chi connectivity index (χ2v) is 8.96. The third-order valence-corrected chi connectivity index (χ3v) is 6.87. The minimum Gasteiger partial charge on any atom is -0.497 e. The lowest BCUT2D eigenvalue weighted by atomic mass is 9.90. The lowest BCUT2D eigenvalue weighted by molar-refractivity contribution is -0.120. The van der Waals surface area contributed by atoms with E-state index < -0.39 is 0 Å². The molecular weight excluding hydrogens is 442 g/mol. The van der Waals surface area contributed by atoms with Crippen LogP contribution in [0.1, 0.15) is 22.7 Å². The first-order valence-corrected chi connectivity index (χ1v) is 12.1. The number of carbonyl (C=O) groups excluding carboxylic acids is 1. The quantitative estimate of drug-likeness (QED) is 0.303. The number of benzene rings is 3. The summed E-state index contributed by atoms with van der Waals surface area (Å²) in [6.07, 6.45) is 2.30. The SMILES string of the molecule is COc1ccc(C(CNC(=O)Cc2csc(-c3ccccc3)n2)c2c[nH]c3ccccc23)cc1. The largest absolute Gasteiger partial charge is 0.497 e. The van der Waals surface area contributed by atoms with Crippen LogP contribution in [-0.2, 0) is 11.2 Å². The number of hydrogen-bond acceptors (Lipinski definition) is 4. The molecule has 34 heavy (non-hydrogen) atoms. The zero-order valence-corrected chi connectivity index (χ0v) is 19.6. The molecule has 5 rings (SSSR count). The highest BCUT2D eigenvalue weighted by Gasteiger charge is 2.20. The molecule has 170 valence electrons. The van der Waals surface area contributed by atoms with Gasteiger partial charge in [0.1, 0.15) is 10.8 Å². The van der Waals surface area contributed by atoms with Crippen molar-refractivity contribution in [3.8, 4) is 16.3 Å². The van der Waals surface area contributed by atoms with Gasteiger partial charge < -0.3 is 15.0 Å². The number of thiazole rings is 1. The highest BCUT2D eigenvalue weighted by molar-refractivity contribution is 7.13. The van der Waals surface area contributed by atoms with E-state index in [0.29, 0.717) is 6.54 Å². The second-order valence-electron chi connectivity index (χ2n) is 8.11. The van der Waals surface area contributed by atoms with Crippen molar-refractivity contribution < 1.29 is 9.53 Å². The van der Waals surface area contributed by atoms with E-state index in [2.05, 4.69) is 39.6 Å². The molecular formula is C28H25N3O2S. The first kappa shape index (κ1) is 21.9. The molecule has 0 radical (unpaired) electrons. The Morgan fingerprint density at radius 2 is 1.79 bits per heavy atom. The molecule has 6 heteroatoms. The van der Waals surface area contributed by atoms with Crippen LogP contribution in [0.25, 0.3) is 21.5 Å². The number of para-hydroxylation sites is 1. The predicted molar refractivity (Wildman–Crippen MR) is 137 cm³/mol. The Morgan fingerprint density at radius 3 is 2.59 bits per heavy atom. The van der Waals surface area contributed by atoms with Gasteiger partial charge in [0.05, 0.1) is 19.2 Å². The lowest BCUT2D eigenvalue weighted by Gasteiger charge is -2.18. The number of rotatable bonds is 8. The maximum absolute atomic E-state index is 12.9. The van der Waals surface area contributed by atoms with Crippen LogP contribution in [0.15, 0.2) is 90.4 Å². The average molecular weight is 468 g/mol. The molecule has 0 aliphatic carbocycles. The minimum atomic E-state index is -0.0386. The van der Waals surface area contributed by atoms with Gasteiger partial charge in [-0.25, -0.2) is 4.98 Å². The Morgan fingerprint density at radius 1 is 1.03 bits per heavy atom. The van der Waals surface area contributed by atoms with E-state index in [4.69, 9.17) is 4.74 Å². The predicted octanol–water partition coefficient (Wildman–Crippen LogP) is 5.79. The molecule has 1 amide bonds. The van der Waals surface area contributed by atoms with Gasteiger partial charge in [0.25, 0.3) is 0 Å². The topological polar surface area (TPSA) is 67.0 Å². The Hall–Kier alpha value is -3.90. The molecule has 3 aromatic carbocycles. The second kappa shape index (κ2) is 9.93. The molecule has 0 aliphatic heterocycles. The monoisotopic (exact) mass is 467 g/mol. The minimum absolute atomic E-state index is 0.00122. The van der Waals surface area contributed by atoms with Gasteiger partial charge >= 0.3 is 0 Å². The van der Waals surface area contributed by atoms with E-state index in [1.165, 1.54) is 0 Å². The molecule has 2 heterocycles. The van der Waals surface area contributed by atoms with E-state index in [1.807, 2.05) is 66.2 Å². The molecule has 0 fully saturated rings. The van der Waals surface area contributed by atoms with Gasteiger partial charge in [-0.15, -0.1) is 11.3 Å². The molecule has 0 saturated heterocycles. The van der Waals surface area contributed by atoms with E-state index >= 15 is 0 Å². The molecule has 0 aliphatic rings. The Labute approximate surface area is 202 Å². The van der Waals surface area contributed by atoms with Crippen molar-refractivity contribution in [2.75, 3.05) is 13.7 Å². The number of fused-ring (bicyclic) bond motifs is 1. The molecule has 0 bridgehead atoms. The first-order valence-electron chi connectivity index (χ1n) is 11.2. The van der Waals surface area contributed by atoms with E-state index in [0.717, 1.165) is 44.0 Å². The smallest absolute Gasteiger partial charge is 0.226 e. The number of nitrogens with one attached hydrogen (secondary N) is 2. The summed E-state index contributed by atoms with van der Waals surface area (Å²) < 4.78 is 5.33. The number of H-pyrrole nitrogens is 1.